The van der Waals surface area contributed by atoms with Crippen molar-refractivity contribution in [2.75, 3.05) is 19.0 Å². The fraction of sp³-hybridized carbons (Fsp3) is 0.375. The van der Waals surface area contributed by atoms with E-state index in [0.29, 0.717) is 32.9 Å². The number of methoxy groups -OCH3 is 1. The molecule has 1 saturated heterocycles. The summed E-state index contributed by atoms with van der Waals surface area (Å²) in [6, 6.07) is 6.68. The van der Waals surface area contributed by atoms with Gasteiger partial charge in [-0.25, -0.2) is 9.78 Å². The summed E-state index contributed by atoms with van der Waals surface area (Å²) < 4.78 is 6.08. The van der Waals surface area contributed by atoms with Crippen LogP contribution in [0, 0.1) is 6.92 Å². The predicted molar refractivity (Wildman–Crippen MR) is 129 cm³/mol. The number of aryl methyl sites for hydroxylation is 1. The number of nitrogens with zero attached hydrogens (tertiary/aromatic N) is 3. The van der Waals surface area contributed by atoms with E-state index in [4.69, 9.17) is 4.74 Å². The van der Waals surface area contributed by atoms with Crippen molar-refractivity contribution in [1.29, 1.82) is 0 Å². The zero-order valence-electron chi connectivity index (χ0n) is 19.3. The van der Waals surface area contributed by atoms with Gasteiger partial charge in [0.15, 0.2) is 0 Å². The molecule has 0 aliphatic carbocycles. The molecule has 9 nitrogen and oxygen atoms in total. The topological polar surface area (TPSA) is 111 Å². The molecule has 2 amide bonds. The van der Waals surface area contributed by atoms with Gasteiger partial charge in [0, 0.05) is 12.6 Å². The van der Waals surface area contributed by atoms with E-state index in [1.807, 2.05) is 11.8 Å². The number of carbonyl (C=O) groups excluding carboxylic acids is 3. The molecule has 4 rings (SSSR count). The van der Waals surface area contributed by atoms with Crippen molar-refractivity contribution >= 4 is 45.0 Å². The van der Waals surface area contributed by atoms with Crippen LogP contribution in [0.1, 0.15) is 51.8 Å². The summed E-state index contributed by atoms with van der Waals surface area (Å²) in [5, 5.41) is 3.05. The van der Waals surface area contributed by atoms with Gasteiger partial charge in [-0.15, -0.1) is 11.3 Å². The number of esters is 1. The second kappa shape index (κ2) is 9.76. The van der Waals surface area contributed by atoms with E-state index in [1.165, 1.54) is 18.0 Å². The fourth-order valence-corrected chi connectivity index (χ4v) is 5.29. The number of ether oxygens (including phenoxy) is 1. The first-order valence-corrected chi connectivity index (χ1v) is 11.9. The maximum Gasteiger partial charge on any atom is 0.339 e. The molecule has 178 valence electrons. The molecule has 2 aromatic heterocycles. The number of amides is 2. The van der Waals surface area contributed by atoms with E-state index in [1.54, 1.807) is 31.2 Å². The lowest BCUT2D eigenvalue weighted by Crippen LogP contribution is -2.44. The molecule has 3 heterocycles. The molecule has 0 bridgehead atoms. The van der Waals surface area contributed by atoms with Crippen LogP contribution in [0.15, 0.2) is 35.4 Å². The zero-order chi connectivity index (χ0) is 24.4. The predicted octanol–water partition coefficient (Wildman–Crippen LogP) is 3.21. The van der Waals surface area contributed by atoms with Crippen LogP contribution in [0.25, 0.3) is 10.2 Å². The second-order valence-corrected chi connectivity index (χ2v) is 9.34. The van der Waals surface area contributed by atoms with Crippen LogP contribution in [-0.2, 0) is 16.1 Å². The van der Waals surface area contributed by atoms with Gasteiger partial charge in [0.05, 0.1) is 35.0 Å². The Morgan fingerprint density at radius 3 is 2.74 bits per heavy atom. The Labute approximate surface area is 200 Å². The zero-order valence-corrected chi connectivity index (χ0v) is 20.1. The van der Waals surface area contributed by atoms with Crippen LogP contribution < -0.4 is 10.9 Å². The van der Waals surface area contributed by atoms with Gasteiger partial charge in [-0.1, -0.05) is 12.1 Å². The molecule has 0 spiro atoms. The average molecular weight is 483 g/mol. The van der Waals surface area contributed by atoms with E-state index < -0.39 is 11.9 Å². The molecule has 1 aliphatic heterocycles. The number of aromatic nitrogens is 2. The first kappa shape index (κ1) is 23.6. The van der Waals surface area contributed by atoms with Crippen molar-refractivity contribution in [2.24, 2.45) is 0 Å². The van der Waals surface area contributed by atoms with Crippen molar-refractivity contribution in [3.63, 3.8) is 0 Å². The third-order valence-electron chi connectivity index (χ3n) is 6.13. The molecule has 0 radical (unpaired) electrons. The lowest BCUT2D eigenvalue weighted by molar-refractivity contribution is -0.135. The molecule has 1 aliphatic rings. The number of nitrogens with one attached hydrogen (secondary N) is 1. The van der Waals surface area contributed by atoms with Gasteiger partial charge in [-0.2, -0.15) is 0 Å². The Morgan fingerprint density at radius 2 is 2.00 bits per heavy atom. The summed E-state index contributed by atoms with van der Waals surface area (Å²) in [4.78, 5) is 58.0. The molecule has 1 aromatic carbocycles. The molecule has 1 atom stereocenters. The highest BCUT2D eigenvalue weighted by Gasteiger charge is 2.25. The Hall–Kier alpha value is -3.53. The standard InChI is InChI=1S/C24H26N4O5S/c1-14-8-6-7-11-28(14)18(29)12-27-13-25-22-19(23(27)31)15(2)20(34-22)21(30)26-17-10-5-4-9-16(17)24(32)33-3/h4-5,9-10,13-14H,6-8,11-12H2,1-3H3,(H,26,30). The van der Waals surface area contributed by atoms with Crippen molar-refractivity contribution in [3.05, 3.63) is 57.0 Å². The normalized spacial score (nSPS) is 15.9. The third kappa shape index (κ3) is 4.45. The summed E-state index contributed by atoms with van der Waals surface area (Å²) in [6.45, 7) is 4.31. The van der Waals surface area contributed by atoms with Gasteiger partial charge >= 0.3 is 5.97 Å². The minimum absolute atomic E-state index is 0.0879. The van der Waals surface area contributed by atoms with Crippen molar-refractivity contribution in [2.45, 2.75) is 45.7 Å². The molecular weight excluding hydrogens is 456 g/mol. The van der Waals surface area contributed by atoms with Gasteiger partial charge in [0.25, 0.3) is 11.5 Å². The number of rotatable bonds is 5. The third-order valence-corrected chi connectivity index (χ3v) is 7.33. The summed E-state index contributed by atoms with van der Waals surface area (Å²) in [7, 11) is 1.27. The molecule has 34 heavy (non-hydrogen) atoms. The van der Waals surface area contributed by atoms with Crippen LogP contribution in [0.4, 0.5) is 5.69 Å². The largest absolute Gasteiger partial charge is 0.465 e. The van der Waals surface area contributed by atoms with Crippen LogP contribution in [0.3, 0.4) is 0 Å². The van der Waals surface area contributed by atoms with E-state index in [-0.39, 0.29) is 29.6 Å². The van der Waals surface area contributed by atoms with Gasteiger partial charge in [-0.3, -0.25) is 19.0 Å². The molecule has 1 N–H and O–H groups in total. The highest BCUT2D eigenvalue weighted by molar-refractivity contribution is 7.20. The Kier molecular flexibility index (Phi) is 6.78. The van der Waals surface area contributed by atoms with E-state index in [2.05, 4.69) is 10.3 Å². The number of para-hydroxylation sites is 1. The number of hydrogen-bond donors (Lipinski definition) is 1. The van der Waals surface area contributed by atoms with Crippen LogP contribution >= 0.6 is 11.3 Å². The summed E-state index contributed by atoms with van der Waals surface area (Å²) in [5.74, 6) is -1.14. The molecule has 3 aromatic rings. The Morgan fingerprint density at radius 1 is 1.24 bits per heavy atom. The highest BCUT2D eigenvalue weighted by atomic mass is 32.1. The van der Waals surface area contributed by atoms with E-state index >= 15 is 0 Å². The van der Waals surface area contributed by atoms with Crippen molar-refractivity contribution in [1.82, 2.24) is 14.5 Å². The first-order valence-electron chi connectivity index (χ1n) is 11.1. The smallest absolute Gasteiger partial charge is 0.339 e. The minimum Gasteiger partial charge on any atom is -0.465 e. The quantitative estimate of drug-likeness (QED) is 0.559. The van der Waals surface area contributed by atoms with Gasteiger partial charge in [0.2, 0.25) is 5.91 Å². The molecule has 1 fully saturated rings. The molecule has 0 saturated carbocycles. The maximum absolute atomic E-state index is 13.2. The Balaban J connectivity index is 1.62. The summed E-state index contributed by atoms with van der Waals surface area (Å²) >= 11 is 1.09. The summed E-state index contributed by atoms with van der Waals surface area (Å²) in [5.41, 5.74) is 0.662. The number of thiophene rings is 1. The van der Waals surface area contributed by atoms with Gasteiger partial charge < -0.3 is 15.0 Å². The van der Waals surface area contributed by atoms with Crippen LogP contribution in [0.2, 0.25) is 0 Å². The number of carbonyl (C=O) groups is 3. The average Bonchev–Trinajstić information content (AvgIpc) is 3.18. The molecule has 1 unspecified atom stereocenters. The monoisotopic (exact) mass is 482 g/mol. The first-order chi connectivity index (χ1) is 16.3. The SMILES string of the molecule is COC(=O)c1ccccc1NC(=O)c1sc2ncn(CC(=O)N3CCCCC3C)c(=O)c2c1C. The van der Waals surface area contributed by atoms with Crippen molar-refractivity contribution in [3.8, 4) is 0 Å². The minimum atomic E-state index is -0.568. The number of piperidine rings is 1. The molecule has 10 heteroatoms. The van der Waals surface area contributed by atoms with Gasteiger partial charge in [0.1, 0.15) is 11.4 Å². The van der Waals surface area contributed by atoms with E-state index in [9.17, 15) is 19.2 Å². The fourth-order valence-electron chi connectivity index (χ4n) is 4.25. The number of fused-ring (bicyclic) bond motifs is 1. The Bertz CT molecular complexity index is 1330. The summed E-state index contributed by atoms with van der Waals surface area (Å²) in [6.07, 6.45) is 4.38. The van der Waals surface area contributed by atoms with Crippen LogP contribution in [0.5, 0.6) is 0 Å². The number of anilines is 1. The van der Waals surface area contributed by atoms with Gasteiger partial charge in [-0.05, 0) is 50.8 Å². The second-order valence-electron chi connectivity index (χ2n) is 8.34. The highest BCUT2D eigenvalue weighted by Crippen LogP contribution is 2.28. The number of likely N-dealkylation sites (tertiary alicyclic amines) is 1. The lowest BCUT2D eigenvalue weighted by atomic mass is 10.0. The molecular formula is C24H26N4O5S. The lowest BCUT2D eigenvalue weighted by Gasteiger charge is -2.33. The number of hydrogen-bond acceptors (Lipinski definition) is 7. The van der Waals surface area contributed by atoms with E-state index in [0.717, 1.165) is 30.6 Å². The maximum atomic E-state index is 13.2. The van der Waals surface area contributed by atoms with Crippen LogP contribution in [-0.4, -0.2) is 51.9 Å². The van der Waals surface area contributed by atoms with Crippen molar-refractivity contribution < 1.29 is 19.1 Å². The number of benzene rings is 1.